The SMILES string of the molecule is CCCCCCc1ccc([C@H]2CO[C@H](c3ccccc3N=C=S)OC2)cc1. The Morgan fingerprint density at radius 2 is 1.74 bits per heavy atom. The van der Waals surface area contributed by atoms with E-state index in [-0.39, 0.29) is 5.92 Å². The van der Waals surface area contributed by atoms with E-state index in [4.69, 9.17) is 21.7 Å². The summed E-state index contributed by atoms with van der Waals surface area (Å²) in [4.78, 5) is 4.11. The van der Waals surface area contributed by atoms with Crippen molar-refractivity contribution in [2.75, 3.05) is 13.2 Å². The third-order valence-corrected chi connectivity index (χ3v) is 5.12. The Labute approximate surface area is 167 Å². The first kappa shape index (κ1) is 19.9. The van der Waals surface area contributed by atoms with E-state index in [0.717, 1.165) is 17.7 Å². The molecular formula is C23H27NO2S. The fraction of sp³-hybridized carbons (Fsp3) is 0.435. The van der Waals surface area contributed by atoms with Crippen LogP contribution in [0.2, 0.25) is 0 Å². The van der Waals surface area contributed by atoms with E-state index in [1.165, 1.54) is 36.8 Å². The monoisotopic (exact) mass is 381 g/mol. The van der Waals surface area contributed by atoms with E-state index in [1.807, 2.05) is 24.3 Å². The molecule has 0 amide bonds. The van der Waals surface area contributed by atoms with Crippen LogP contribution in [0.3, 0.4) is 0 Å². The number of rotatable bonds is 8. The van der Waals surface area contributed by atoms with E-state index >= 15 is 0 Å². The molecule has 0 bridgehead atoms. The molecule has 1 saturated heterocycles. The van der Waals surface area contributed by atoms with Gasteiger partial charge in [0.05, 0.1) is 24.1 Å². The molecule has 1 aliphatic heterocycles. The van der Waals surface area contributed by atoms with Crippen LogP contribution in [0.15, 0.2) is 53.5 Å². The normalized spacial score (nSPS) is 19.4. The standard InChI is InChI=1S/C23H27NO2S/c1-2-3-4-5-8-18-11-13-19(14-12-18)20-15-25-23(26-16-20)21-9-6-7-10-22(21)24-17-27/h6-7,9-14,20,23H,2-5,8,15-16H2,1H3/t20-,23-. The quantitative estimate of drug-likeness (QED) is 0.302. The predicted molar refractivity (Wildman–Crippen MR) is 113 cm³/mol. The van der Waals surface area contributed by atoms with Crippen molar-refractivity contribution in [1.29, 1.82) is 0 Å². The number of nitrogens with zero attached hydrogens (tertiary/aromatic N) is 1. The first-order valence-electron chi connectivity index (χ1n) is 9.80. The number of isothiocyanates is 1. The van der Waals surface area contributed by atoms with E-state index in [9.17, 15) is 0 Å². The summed E-state index contributed by atoms with van der Waals surface area (Å²) in [7, 11) is 0. The lowest BCUT2D eigenvalue weighted by Crippen LogP contribution is -2.25. The number of ether oxygens (including phenoxy) is 2. The van der Waals surface area contributed by atoms with Gasteiger partial charge in [-0.25, -0.2) is 0 Å². The largest absolute Gasteiger partial charge is 0.348 e. The van der Waals surface area contributed by atoms with Crippen molar-refractivity contribution in [3.63, 3.8) is 0 Å². The summed E-state index contributed by atoms with van der Waals surface area (Å²) in [5.41, 5.74) is 4.34. The average molecular weight is 382 g/mol. The van der Waals surface area contributed by atoms with Gasteiger partial charge in [0.25, 0.3) is 0 Å². The minimum atomic E-state index is -0.401. The summed E-state index contributed by atoms with van der Waals surface area (Å²) >= 11 is 4.73. The minimum absolute atomic E-state index is 0.261. The summed E-state index contributed by atoms with van der Waals surface area (Å²) in [6.07, 6.45) is 5.96. The fourth-order valence-corrected chi connectivity index (χ4v) is 3.52. The Balaban J connectivity index is 1.55. The molecule has 0 N–H and O–H groups in total. The molecule has 1 fully saturated rings. The van der Waals surface area contributed by atoms with E-state index in [0.29, 0.717) is 13.2 Å². The Hall–Kier alpha value is -1.84. The zero-order valence-corrected chi connectivity index (χ0v) is 16.7. The van der Waals surface area contributed by atoms with Crippen molar-refractivity contribution in [1.82, 2.24) is 0 Å². The Kier molecular flexibility index (Phi) is 7.73. The molecule has 142 valence electrons. The van der Waals surface area contributed by atoms with Gasteiger partial charge < -0.3 is 9.47 Å². The summed E-state index contributed by atoms with van der Waals surface area (Å²) in [5.74, 6) is 0.261. The molecule has 0 atom stereocenters. The maximum atomic E-state index is 6.00. The summed E-state index contributed by atoms with van der Waals surface area (Å²) in [6, 6.07) is 16.7. The highest BCUT2D eigenvalue weighted by Gasteiger charge is 2.26. The molecule has 0 radical (unpaired) electrons. The van der Waals surface area contributed by atoms with Crippen molar-refractivity contribution in [3.05, 3.63) is 65.2 Å². The molecule has 0 saturated carbocycles. The highest BCUT2D eigenvalue weighted by Crippen LogP contribution is 2.34. The van der Waals surface area contributed by atoms with Crippen LogP contribution in [0.25, 0.3) is 0 Å². The van der Waals surface area contributed by atoms with Gasteiger partial charge in [-0.3, -0.25) is 0 Å². The number of aryl methyl sites for hydroxylation is 1. The smallest absolute Gasteiger partial charge is 0.185 e. The highest BCUT2D eigenvalue weighted by molar-refractivity contribution is 7.78. The maximum Gasteiger partial charge on any atom is 0.185 e. The van der Waals surface area contributed by atoms with Gasteiger partial charge in [-0.15, -0.1) is 0 Å². The highest BCUT2D eigenvalue weighted by atomic mass is 32.1. The van der Waals surface area contributed by atoms with Gasteiger partial charge in [-0.05, 0) is 42.3 Å². The molecule has 27 heavy (non-hydrogen) atoms. The summed E-state index contributed by atoms with van der Waals surface area (Å²) in [6.45, 7) is 3.52. The lowest BCUT2D eigenvalue weighted by atomic mass is 9.97. The average Bonchev–Trinajstić information content (AvgIpc) is 2.73. The van der Waals surface area contributed by atoms with Crippen LogP contribution in [0, 0.1) is 0 Å². The number of para-hydroxylation sites is 1. The molecule has 2 aromatic carbocycles. The molecule has 0 unspecified atom stereocenters. The van der Waals surface area contributed by atoms with Crippen LogP contribution in [0.4, 0.5) is 5.69 Å². The second-order valence-corrected chi connectivity index (χ2v) is 7.19. The Morgan fingerprint density at radius 3 is 2.44 bits per heavy atom. The van der Waals surface area contributed by atoms with Gasteiger partial charge in [0.1, 0.15) is 0 Å². The molecule has 0 aliphatic carbocycles. The Morgan fingerprint density at radius 1 is 1.00 bits per heavy atom. The number of thiocarbonyl (C=S) groups is 1. The molecule has 3 nitrogen and oxygen atoms in total. The predicted octanol–water partition coefficient (Wildman–Crippen LogP) is 6.37. The Bertz CT molecular complexity index is 760. The second kappa shape index (κ2) is 10.5. The van der Waals surface area contributed by atoms with E-state index < -0.39 is 6.29 Å². The second-order valence-electron chi connectivity index (χ2n) is 7.01. The maximum absolute atomic E-state index is 6.00. The van der Waals surface area contributed by atoms with Gasteiger partial charge >= 0.3 is 0 Å². The van der Waals surface area contributed by atoms with Crippen LogP contribution in [-0.4, -0.2) is 18.4 Å². The lowest BCUT2D eigenvalue weighted by Gasteiger charge is -2.30. The van der Waals surface area contributed by atoms with Crippen LogP contribution >= 0.6 is 12.2 Å². The summed E-state index contributed by atoms with van der Waals surface area (Å²) < 4.78 is 12.0. The van der Waals surface area contributed by atoms with Crippen LogP contribution in [0.5, 0.6) is 0 Å². The molecule has 0 spiro atoms. The van der Waals surface area contributed by atoms with Crippen molar-refractivity contribution < 1.29 is 9.47 Å². The van der Waals surface area contributed by atoms with Gasteiger partial charge in [0.15, 0.2) is 6.29 Å². The van der Waals surface area contributed by atoms with Gasteiger partial charge in [-0.1, -0.05) is 68.7 Å². The molecule has 0 aromatic heterocycles. The number of hydrogen-bond donors (Lipinski definition) is 0. The molecule has 1 aliphatic rings. The molecule has 4 heteroatoms. The van der Waals surface area contributed by atoms with Crippen LogP contribution < -0.4 is 0 Å². The van der Waals surface area contributed by atoms with Gasteiger partial charge in [0, 0.05) is 11.5 Å². The number of hydrogen-bond acceptors (Lipinski definition) is 4. The first-order valence-corrected chi connectivity index (χ1v) is 10.2. The molecule has 1 heterocycles. The first-order chi connectivity index (χ1) is 13.3. The zero-order valence-electron chi connectivity index (χ0n) is 15.9. The number of unbranched alkanes of at least 4 members (excludes halogenated alkanes) is 3. The minimum Gasteiger partial charge on any atom is -0.348 e. The molecule has 2 aromatic rings. The van der Waals surface area contributed by atoms with Crippen molar-refractivity contribution >= 4 is 23.1 Å². The third kappa shape index (κ3) is 5.57. The van der Waals surface area contributed by atoms with Crippen molar-refractivity contribution in [2.24, 2.45) is 4.99 Å². The summed E-state index contributed by atoms with van der Waals surface area (Å²) in [5, 5.41) is 2.42. The van der Waals surface area contributed by atoms with E-state index in [1.54, 1.807) is 0 Å². The topological polar surface area (TPSA) is 30.8 Å². The lowest BCUT2D eigenvalue weighted by molar-refractivity contribution is -0.191. The van der Waals surface area contributed by atoms with Gasteiger partial charge in [0.2, 0.25) is 0 Å². The van der Waals surface area contributed by atoms with Crippen molar-refractivity contribution in [3.8, 4) is 0 Å². The number of benzene rings is 2. The number of aliphatic imine (C=N–C) groups is 1. The van der Waals surface area contributed by atoms with Crippen LogP contribution in [0.1, 0.15) is 61.5 Å². The van der Waals surface area contributed by atoms with E-state index in [2.05, 4.69) is 41.3 Å². The molecular weight excluding hydrogens is 354 g/mol. The fourth-order valence-electron chi connectivity index (χ4n) is 3.43. The van der Waals surface area contributed by atoms with Crippen LogP contribution in [-0.2, 0) is 15.9 Å². The third-order valence-electron chi connectivity index (χ3n) is 5.02. The van der Waals surface area contributed by atoms with Gasteiger partial charge in [-0.2, -0.15) is 4.99 Å². The van der Waals surface area contributed by atoms with Crippen molar-refractivity contribution in [2.45, 2.75) is 51.2 Å². The zero-order chi connectivity index (χ0) is 18.9. The molecule has 3 rings (SSSR count).